The van der Waals surface area contributed by atoms with E-state index in [9.17, 15) is 19.5 Å². The van der Waals surface area contributed by atoms with E-state index in [1.54, 1.807) is 18.2 Å². The van der Waals surface area contributed by atoms with Gasteiger partial charge in [0.05, 0.1) is 17.5 Å². The summed E-state index contributed by atoms with van der Waals surface area (Å²) in [4.78, 5) is 37.7. The molecular formula is C28H22ClNO4. The van der Waals surface area contributed by atoms with Crippen molar-refractivity contribution >= 4 is 45.9 Å². The number of allylic oxidation sites excluding steroid dienone is 1. The molecule has 4 aromatic rings. The fraction of sp³-hybridized carbons (Fsp3) is 0.107. The molecule has 0 atom stereocenters. The number of aromatic nitrogens is 1. The second-order valence-corrected chi connectivity index (χ2v) is 8.46. The predicted molar refractivity (Wildman–Crippen MR) is 134 cm³/mol. The SMILES string of the molecule is CC(=O)c1c(C)n(-c2ccc(Cl)cc2)c2cc(C(=O)CC(=O)/C=C/c3ccccc3)c(O)cc12. The van der Waals surface area contributed by atoms with Crippen LogP contribution < -0.4 is 0 Å². The van der Waals surface area contributed by atoms with Crippen LogP contribution in [0.1, 0.15) is 45.3 Å². The van der Waals surface area contributed by atoms with E-state index in [1.165, 1.54) is 25.1 Å². The Labute approximate surface area is 201 Å². The Morgan fingerprint density at radius 3 is 2.32 bits per heavy atom. The number of aromatic hydroxyl groups is 1. The number of halogens is 1. The van der Waals surface area contributed by atoms with Crippen molar-refractivity contribution in [2.24, 2.45) is 0 Å². The second-order valence-electron chi connectivity index (χ2n) is 8.03. The maximum absolute atomic E-state index is 12.9. The third kappa shape index (κ3) is 4.56. The first-order chi connectivity index (χ1) is 16.3. The fourth-order valence-electron chi connectivity index (χ4n) is 4.11. The molecule has 0 radical (unpaired) electrons. The summed E-state index contributed by atoms with van der Waals surface area (Å²) in [5.74, 6) is -1.31. The second kappa shape index (κ2) is 9.49. The first-order valence-corrected chi connectivity index (χ1v) is 11.1. The maximum atomic E-state index is 12.9. The van der Waals surface area contributed by atoms with Crippen molar-refractivity contribution in [3.8, 4) is 11.4 Å². The van der Waals surface area contributed by atoms with Gasteiger partial charge in [0.1, 0.15) is 5.75 Å². The Bertz CT molecular complexity index is 1450. The van der Waals surface area contributed by atoms with Crippen LogP contribution in [0.3, 0.4) is 0 Å². The van der Waals surface area contributed by atoms with Crippen LogP contribution in [0, 0.1) is 6.92 Å². The Kier molecular flexibility index (Phi) is 6.48. The number of nitrogens with zero attached hydrogens (tertiary/aromatic N) is 1. The number of fused-ring (bicyclic) bond motifs is 1. The number of hydrogen-bond donors (Lipinski definition) is 1. The van der Waals surface area contributed by atoms with Gasteiger partial charge in [0.25, 0.3) is 0 Å². The van der Waals surface area contributed by atoms with E-state index in [2.05, 4.69) is 0 Å². The van der Waals surface area contributed by atoms with Gasteiger partial charge in [-0.15, -0.1) is 0 Å². The molecule has 34 heavy (non-hydrogen) atoms. The molecule has 5 nitrogen and oxygen atoms in total. The van der Waals surface area contributed by atoms with Crippen molar-refractivity contribution in [1.29, 1.82) is 0 Å². The standard InChI is InChI=1S/C28H22ClNO4/c1-17-28(18(2)31)23-16-27(34)24(15-25(23)30(17)21-11-9-20(29)10-12-21)26(33)14-22(32)13-8-19-6-4-3-5-7-19/h3-13,15-16,34H,14H2,1-2H3/b13-8+. The molecule has 1 N–H and O–H groups in total. The minimum atomic E-state index is -0.506. The summed E-state index contributed by atoms with van der Waals surface area (Å²) in [6, 6.07) is 19.3. The van der Waals surface area contributed by atoms with Gasteiger partial charge in [-0.25, -0.2) is 0 Å². The van der Waals surface area contributed by atoms with E-state index >= 15 is 0 Å². The summed E-state index contributed by atoms with van der Waals surface area (Å²) in [5.41, 5.74) is 3.35. The molecule has 0 aliphatic carbocycles. The van der Waals surface area contributed by atoms with Crippen LogP contribution in [0.2, 0.25) is 5.02 Å². The van der Waals surface area contributed by atoms with E-state index in [-0.39, 0.29) is 29.3 Å². The average molecular weight is 472 g/mol. The molecule has 3 aromatic carbocycles. The zero-order valence-corrected chi connectivity index (χ0v) is 19.5. The number of carbonyl (C=O) groups excluding carboxylic acids is 3. The van der Waals surface area contributed by atoms with E-state index in [1.807, 2.05) is 54.0 Å². The summed E-state index contributed by atoms with van der Waals surface area (Å²) < 4.78 is 1.84. The number of hydrogen-bond acceptors (Lipinski definition) is 4. The summed E-state index contributed by atoms with van der Waals surface area (Å²) in [6.45, 7) is 3.27. The van der Waals surface area contributed by atoms with Crippen LogP contribution in [0.15, 0.2) is 72.8 Å². The predicted octanol–water partition coefficient (Wildman–Crippen LogP) is 6.36. The number of Topliss-reactive ketones (excluding diaryl/α,β-unsaturated/α-hetero) is 2. The minimum Gasteiger partial charge on any atom is -0.507 e. The van der Waals surface area contributed by atoms with Crippen molar-refractivity contribution in [2.45, 2.75) is 20.3 Å². The lowest BCUT2D eigenvalue weighted by Gasteiger charge is -2.10. The van der Waals surface area contributed by atoms with E-state index < -0.39 is 5.78 Å². The van der Waals surface area contributed by atoms with Crippen LogP contribution in [0.4, 0.5) is 0 Å². The van der Waals surface area contributed by atoms with Crippen molar-refractivity contribution in [3.63, 3.8) is 0 Å². The van der Waals surface area contributed by atoms with Gasteiger partial charge in [-0.05, 0) is 61.9 Å². The molecule has 1 aromatic heterocycles. The molecular weight excluding hydrogens is 450 g/mol. The number of rotatable bonds is 7. The summed E-state index contributed by atoms with van der Waals surface area (Å²) >= 11 is 6.04. The molecule has 4 rings (SSSR count). The fourth-order valence-corrected chi connectivity index (χ4v) is 4.23. The Hall–Kier alpha value is -3.96. The molecule has 0 bridgehead atoms. The van der Waals surface area contributed by atoms with Crippen LogP contribution in [-0.2, 0) is 4.79 Å². The van der Waals surface area contributed by atoms with Gasteiger partial charge in [-0.3, -0.25) is 14.4 Å². The van der Waals surface area contributed by atoms with Crippen LogP contribution in [-0.4, -0.2) is 27.0 Å². The molecule has 0 saturated carbocycles. The van der Waals surface area contributed by atoms with Crippen molar-refractivity contribution in [3.05, 3.63) is 100 Å². The number of benzene rings is 3. The summed E-state index contributed by atoms with van der Waals surface area (Å²) in [7, 11) is 0. The van der Waals surface area contributed by atoms with Gasteiger partial charge in [-0.1, -0.05) is 48.0 Å². The first kappa shape index (κ1) is 23.2. The Morgan fingerprint density at radius 2 is 1.68 bits per heavy atom. The average Bonchev–Trinajstić information content (AvgIpc) is 3.09. The van der Waals surface area contributed by atoms with Gasteiger partial charge in [0, 0.05) is 27.4 Å². The van der Waals surface area contributed by atoms with Gasteiger partial charge >= 0.3 is 0 Å². The van der Waals surface area contributed by atoms with E-state index in [4.69, 9.17) is 11.6 Å². The molecule has 0 unspecified atom stereocenters. The number of ketones is 3. The summed E-state index contributed by atoms with van der Waals surface area (Å²) in [6.07, 6.45) is 2.62. The molecule has 6 heteroatoms. The van der Waals surface area contributed by atoms with Crippen LogP contribution in [0.5, 0.6) is 5.75 Å². The van der Waals surface area contributed by atoms with Crippen molar-refractivity contribution < 1.29 is 19.5 Å². The topological polar surface area (TPSA) is 76.4 Å². The first-order valence-electron chi connectivity index (χ1n) is 10.7. The number of phenols is 1. The monoisotopic (exact) mass is 471 g/mol. The van der Waals surface area contributed by atoms with E-state index in [0.717, 1.165) is 11.3 Å². The van der Waals surface area contributed by atoms with Gasteiger partial charge in [0.15, 0.2) is 17.3 Å². The third-order valence-electron chi connectivity index (χ3n) is 5.65. The zero-order chi connectivity index (χ0) is 24.4. The van der Waals surface area contributed by atoms with Crippen molar-refractivity contribution in [1.82, 2.24) is 4.57 Å². The molecule has 0 spiro atoms. The van der Waals surface area contributed by atoms with Gasteiger partial charge in [0.2, 0.25) is 0 Å². The molecule has 0 amide bonds. The number of phenolic OH excluding ortho intramolecular Hbond substituents is 1. The lowest BCUT2D eigenvalue weighted by Crippen LogP contribution is -2.07. The molecule has 0 aliphatic heterocycles. The lowest BCUT2D eigenvalue weighted by atomic mass is 10.0. The van der Waals surface area contributed by atoms with Crippen LogP contribution >= 0.6 is 11.6 Å². The van der Waals surface area contributed by atoms with Gasteiger partial charge in [-0.2, -0.15) is 0 Å². The maximum Gasteiger partial charge on any atom is 0.174 e. The van der Waals surface area contributed by atoms with E-state index in [0.29, 0.717) is 27.2 Å². The van der Waals surface area contributed by atoms with Crippen molar-refractivity contribution in [2.75, 3.05) is 0 Å². The van der Waals surface area contributed by atoms with Crippen LogP contribution in [0.25, 0.3) is 22.7 Å². The Balaban J connectivity index is 1.74. The minimum absolute atomic E-state index is 0.0248. The lowest BCUT2D eigenvalue weighted by molar-refractivity contribution is -0.113. The normalized spacial score (nSPS) is 11.3. The summed E-state index contributed by atoms with van der Waals surface area (Å²) in [5, 5.41) is 11.7. The highest BCUT2D eigenvalue weighted by Gasteiger charge is 2.23. The highest BCUT2D eigenvalue weighted by Crippen LogP contribution is 2.35. The highest BCUT2D eigenvalue weighted by molar-refractivity contribution is 6.30. The molecule has 170 valence electrons. The zero-order valence-electron chi connectivity index (χ0n) is 18.7. The largest absolute Gasteiger partial charge is 0.507 e. The van der Waals surface area contributed by atoms with Gasteiger partial charge < -0.3 is 9.67 Å². The third-order valence-corrected chi connectivity index (χ3v) is 5.91. The Morgan fingerprint density at radius 1 is 1.00 bits per heavy atom. The molecule has 1 heterocycles. The molecule has 0 aliphatic rings. The number of carbonyl (C=O) groups is 3. The highest BCUT2D eigenvalue weighted by atomic mass is 35.5. The molecule has 0 fully saturated rings. The quantitative estimate of drug-likeness (QED) is 0.193. The molecule has 0 saturated heterocycles. The smallest absolute Gasteiger partial charge is 0.174 e.